The van der Waals surface area contributed by atoms with Gasteiger partial charge in [0.15, 0.2) is 0 Å². The van der Waals surface area contributed by atoms with Gasteiger partial charge >= 0.3 is 6.09 Å². The minimum absolute atomic E-state index is 0.314. The second-order valence-corrected chi connectivity index (χ2v) is 8.03. The van der Waals surface area contributed by atoms with E-state index in [0.717, 1.165) is 16.7 Å². The lowest BCUT2D eigenvalue weighted by Gasteiger charge is -2.28. The molecule has 0 radical (unpaired) electrons. The number of rotatable bonds is 2. The van der Waals surface area contributed by atoms with Gasteiger partial charge in [0, 0.05) is 5.56 Å². The summed E-state index contributed by atoms with van der Waals surface area (Å²) in [6.07, 6.45) is 1.29. The van der Waals surface area contributed by atoms with E-state index in [-0.39, 0.29) is 5.91 Å². The van der Waals surface area contributed by atoms with Crippen molar-refractivity contribution in [1.82, 2.24) is 0 Å². The number of carbonyl (C=O) groups excluding carboxylic acids is 2. The molecule has 0 spiro atoms. The Hall–Kier alpha value is -2.88. The van der Waals surface area contributed by atoms with Crippen molar-refractivity contribution >= 4 is 17.7 Å². The molecule has 0 aliphatic carbocycles. The normalized spacial score (nSPS) is 18.9. The Balaban J connectivity index is 2.26. The van der Waals surface area contributed by atoms with Crippen LogP contribution in [0.25, 0.3) is 0 Å². The Morgan fingerprint density at radius 3 is 2.19 bits per heavy atom. The summed E-state index contributed by atoms with van der Waals surface area (Å²) >= 11 is 0. The lowest BCUT2D eigenvalue weighted by Crippen LogP contribution is -2.45. The van der Waals surface area contributed by atoms with Gasteiger partial charge in [-0.25, -0.2) is 9.69 Å². The first-order chi connectivity index (χ1) is 12.7. The van der Waals surface area contributed by atoms with Gasteiger partial charge in [0.25, 0.3) is 5.91 Å². The van der Waals surface area contributed by atoms with E-state index in [4.69, 9.17) is 4.74 Å². The first-order valence-electron chi connectivity index (χ1n) is 9.05. The number of allylic oxidation sites excluding steroid dienone is 1. The number of imide groups is 1. The van der Waals surface area contributed by atoms with Crippen LogP contribution >= 0.6 is 0 Å². The molecular formula is C23H25NO3. The molecule has 0 saturated heterocycles. The molecule has 140 valence electrons. The van der Waals surface area contributed by atoms with E-state index in [0.29, 0.717) is 5.69 Å². The summed E-state index contributed by atoms with van der Waals surface area (Å²) in [5.74, 6) is -0.314. The van der Waals surface area contributed by atoms with Gasteiger partial charge in [0.2, 0.25) is 0 Å². The van der Waals surface area contributed by atoms with Crippen LogP contribution in [0.3, 0.4) is 0 Å². The Bertz CT molecular complexity index is 905. The monoisotopic (exact) mass is 363 g/mol. The van der Waals surface area contributed by atoms with Crippen molar-refractivity contribution < 1.29 is 14.3 Å². The maximum Gasteiger partial charge on any atom is 0.421 e. The van der Waals surface area contributed by atoms with Crippen molar-refractivity contribution in [3.05, 3.63) is 77.4 Å². The van der Waals surface area contributed by atoms with E-state index >= 15 is 0 Å². The zero-order valence-corrected chi connectivity index (χ0v) is 16.4. The molecule has 27 heavy (non-hydrogen) atoms. The first-order valence-corrected chi connectivity index (χ1v) is 9.05. The summed E-state index contributed by atoms with van der Waals surface area (Å²) in [5, 5.41) is 0. The standard InChI is InChI=1S/C23H25NO3/c1-16(2)15-23(17-11-7-6-8-12-17)18-13-9-10-14-19(18)24(20(23)25)21(26)27-22(3,4)5/h6-15H,1-5H3/t23-/m1/s1. The largest absolute Gasteiger partial charge is 0.443 e. The second-order valence-electron chi connectivity index (χ2n) is 8.03. The van der Waals surface area contributed by atoms with Crippen LogP contribution in [0.4, 0.5) is 10.5 Å². The van der Waals surface area contributed by atoms with Crippen molar-refractivity contribution in [2.75, 3.05) is 4.90 Å². The molecule has 0 fully saturated rings. The van der Waals surface area contributed by atoms with Gasteiger partial charge in [-0.05, 0) is 46.2 Å². The number of hydrogen-bond donors (Lipinski definition) is 0. The third kappa shape index (κ3) is 3.27. The van der Waals surface area contributed by atoms with Crippen LogP contribution in [-0.2, 0) is 14.9 Å². The average Bonchev–Trinajstić information content (AvgIpc) is 2.83. The highest BCUT2D eigenvalue weighted by molar-refractivity contribution is 6.23. The summed E-state index contributed by atoms with van der Waals surface area (Å²) in [6.45, 7) is 9.28. The number of ether oxygens (including phenoxy) is 1. The Morgan fingerprint density at radius 2 is 1.59 bits per heavy atom. The van der Waals surface area contributed by atoms with Crippen LogP contribution in [-0.4, -0.2) is 17.6 Å². The number of benzene rings is 2. The molecule has 2 aromatic carbocycles. The van der Waals surface area contributed by atoms with Gasteiger partial charge in [-0.1, -0.05) is 60.2 Å². The molecule has 4 nitrogen and oxygen atoms in total. The summed E-state index contributed by atoms with van der Waals surface area (Å²) in [7, 11) is 0. The van der Waals surface area contributed by atoms with Crippen molar-refractivity contribution in [2.24, 2.45) is 0 Å². The van der Waals surface area contributed by atoms with Crippen LogP contribution in [0.15, 0.2) is 66.2 Å². The van der Waals surface area contributed by atoms with Gasteiger partial charge in [-0.15, -0.1) is 0 Å². The van der Waals surface area contributed by atoms with Crippen molar-refractivity contribution in [2.45, 2.75) is 45.6 Å². The molecule has 1 aliphatic heterocycles. The summed E-state index contributed by atoms with van der Waals surface area (Å²) in [6, 6.07) is 17.0. The van der Waals surface area contributed by atoms with E-state index in [9.17, 15) is 9.59 Å². The summed E-state index contributed by atoms with van der Waals surface area (Å²) in [5.41, 5.74) is 1.43. The van der Waals surface area contributed by atoms with E-state index in [2.05, 4.69) is 0 Å². The quantitative estimate of drug-likeness (QED) is 0.687. The molecule has 1 atom stereocenters. The van der Waals surface area contributed by atoms with E-state index in [1.165, 1.54) is 4.90 Å². The van der Waals surface area contributed by atoms with Crippen LogP contribution in [0, 0.1) is 0 Å². The van der Waals surface area contributed by atoms with E-state index in [1.54, 1.807) is 26.8 Å². The number of amides is 2. The molecule has 1 heterocycles. The number of fused-ring (bicyclic) bond motifs is 1. The van der Waals surface area contributed by atoms with Gasteiger partial charge in [0.1, 0.15) is 11.0 Å². The Morgan fingerprint density at radius 1 is 1.00 bits per heavy atom. The molecule has 0 bridgehead atoms. The second kappa shape index (κ2) is 6.69. The molecule has 0 unspecified atom stereocenters. The third-order valence-corrected chi connectivity index (χ3v) is 4.42. The number of carbonyl (C=O) groups is 2. The summed E-state index contributed by atoms with van der Waals surface area (Å²) < 4.78 is 5.53. The Labute approximate surface area is 160 Å². The lowest BCUT2D eigenvalue weighted by molar-refractivity contribution is -0.120. The van der Waals surface area contributed by atoms with Crippen molar-refractivity contribution in [3.63, 3.8) is 0 Å². The molecule has 2 aromatic rings. The van der Waals surface area contributed by atoms with Crippen molar-refractivity contribution in [1.29, 1.82) is 0 Å². The summed E-state index contributed by atoms with van der Waals surface area (Å²) in [4.78, 5) is 27.8. The van der Waals surface area contributed by atoms with Gasteiger partial charge < -0.3 is 4.74 Å². The molecule has 3 rings (SSSR count). The van der Waals surface area contributed by atoms with Crippen molar-refractivity contribution in [3.8, 4) is 0 Å². The topological polar surface area (TPSA) is 46.6 Å². The molecule has 0 aromatic heterocycles. The van der Waals surface area contributed by atoms with E-state index < -0.39 is 17.1 Å². The maximum absolute atomic E-state index is 13.7. The first kappa shape index (κ1) is 18.9. The van der Waals surface area contributed by atoms with Crippen LogP contribution in [0.2, 0.25) is 0 Å². The molecule has 0 N–H and O–H groups in total. The third-order valence-electron chi connectivity index (χ3n) is 4.42. The van der Waals surface area contributed by atoms with Crippen LogP contribution < -0.4 is 4.90 Å². The highest BCUT2D eigenvalue weighted by Crippen LogP contribution is 2.48. The van der Waals surface area contributed by atoms with Gasteiger partial charge in [-0.3, -0.25) is 4.79 Å². The highest BCUT2D eigenvalue weighted by atomic mass is 16.6. The number of para-hydroxylation sites is 1. The van der Waals surface area contributed by atoms with Crippen LogP contribution in [0.5, 0.6) is 0 Å². The predicted molar refractivity (Wildman–Crippen MR) is 107 cm³/mol. The molecule has 4 heteroatoms. The van der Waals surface area contributed by atoms with Gasteiger partial charge in [0.05, 0.1) is 5.69 Å². The zero-order chi connectivity index (χ0) is 19.8. The zero-order valence-electron chi connectivity index (χ0n) is 16.4. The number of anilines is 1. The average molecular weight is 363 g/mol. The highest BCUT2D eigenvalue weighted by Gasteiger charge is 2.53. The fourth-order valence-corrected chi connectivity index (χ4v) is 3.53. The van der Waals surface area contributed by atoms with Crippen LogP contribution in [0.1, 0.15) is 45.7 Å². The number of nitrogens with zero attached hydrogens (tertiary/aromatic N) is 1. The number of hydrogen-bond acceptors (Lipinski definition) is 3. The molecular weight excluding hydrogens is 338 g/mol. The fraction of sp³-hybridized carbons (Fsp3) is 0.304. The van der Waals surface area contributed by atoms with E-state index in [1.807, 2.05) is 68.5 Å². The SMILES string of the molecule is CC(C)=C[C@]1(c2ccccc2)C(=O)N(C(=O)OC(C)(C)C)c2ccccc21. The minimum atomic E-state index is -1.05. The molecule has 1 aliphatic rings. The lowest BCUT2D eigenvalue weighted by atomic mass is 9.74. The maximum atomic E-state index is 13.7. The molecule has 0 saturated carbocycles. The Kier molecular flexibility index (Phi) is 4.68. The van der Waals surface area contributed by atoms with Gasteiger partial charge in [-0.2, -0.15) is 0 Å². The minimum Gasteiger partial charge on any atom is -0.443 e. The predicted octanol–water partition coefficient (Wildman–Crippen LogP) is 5.22. The smallest absolute Gasteiger partial charge is 0.421 e. The fourth-order valence-electron chi connectivity index (χ4n) is 3.53. The molecule has 2 amide bonds.